The van der Waals surface area contributed by atoms with E-state index >= 15 is 0 Å². The minimum Gasteiger partial charge on any atom is -0.481 e. The van der Waals surface area contributed by atoms with Gasteiger partial charge in [0.2, 0.25) is 11.8 Å². The van der Waals surface area contributed by atoms with Crippen LogP contribution in [0.4, 0.5) is 0 Å². The Labute approximate surface area is 392 Å². The van der Waals surface area contributed by atoms with E-state index in [1.165, 1.54) is 28.4 Å². The Morgan fingerprint density at radius 2 is 0.955 bits per heavy atom. The minimum absolute atomic E-state index is 0.0163. The number of ether oxygens (including phenoxy) is 1. The maximum Gasteiger partial charge on any atom is 0.307 e. The van der Waals surface area contributed by atoms with Gasteiger partial charge in [0.15, 0.2) is 0 Å². The summed E-state index contributed by atoms with van der Waals surface area (Å²) in [5, 5.41) is 15.5. The third-order valence-corrected chi connectivity index (χ3v) is 11.5. The van der Waals surface area contributed by atoms with Crippen LogP contribution in [0.5, 0.6) is 0 Å². The maximum absolute atomic E-state index is 13.5. The quantitative estimate of drug-likeness (QED) is 0.0718. The molecule has 3 N–H and O–H groups in total. The van der Waals surface area contributed by atoms with E-state index in [2.05, 4.69) is 10.6 Å². The molecule has 0 saturated carbocycles. The fourth-order valence-electron chi connectivity index (χ4n) is 8.09. The number of nitrogens with one attached hydrogen (secondary N) is 2. The number of aliphatic carboxylic acids is 1. The molecule has 0 spiro atoms. The van der Waals surface area contributed by atoms with Crippen molar-refractivity contribution in [3.63, 3.8) is 0 Å². The van der Waals surface area contributed by atoms with Crippen molar-refractivity contribution in [2.24, 2.45) is 11.8 Å². The molecule has 0 aliphatic carbocycles. The van der Waals surface area contributed by atoms with Gasteiger partial charge in [-0.1, -0.05) is 125 Å². The third-order valence-electron chi connectivity index (χ3n) is 11.5. The summed E-state index contributed by atoms with van der Waals surface area (Å²) in [5.74, 6) is -1.77. The molecular weight excluding hydrogens is 845 g/mol. The lowest BCUT2D eigenvalue weighted by atomic mass is 9.95. The number of methoxy groups -OCH3 is 1. The predicted octanol–water partition coefficient (Wildman–Crippen LogP) is 9.57. The molecule has 2 amide bonds. The first kappa shape index (κ1) is 50.7. The number of amides is 2. The number of hydrogen-bond acceptors (Lipinski definition) is 7. The van der Waals surface area contributed by atoms with E-state index in [4.69, 9.17) is 4.74 Å². The smallest absolute Gasteiger partial charge is 0.307 e. The van der Waals surface area contributed by atoms with Gasteiger partial charge in [0.25, 0.3) is 11.1 Å². The largest absolute Gasteiger partial charge is 0.481 e. The van der Waals surface area contributed by atoms with Crippen molar-refractivity contribution >= 4 is 23.8 Å². The van der Waals surface area contributed by atoms with Crippen molar-refractivity contribution in [1.82, 2.24) is 19.8 Å². The van der Waals surface area contributed by atoms with Gasteiger partial charge in [0.05, 0.1) is 32.0 Å². The van der Waals surface area contributed by atoms with E-state index in [9.17, 15) is 33.9 Å². The Kier molecular flexibility index (Phi) is 18.3. The molecule has 0 unspecified atom stereocenters. The van der Waals surface area contributed by atoms with Crippen LogP contribution in [0.3, 0.4) is 0 Å². The van der Waals surface area contributed by atoms with Gasteiger partial charge in [-0.2, -0.15) is 0 Å². The molecule has 2 heterocycles. The van der Waals surface area contributed by atoms with E-state index in [-0.39, 0.29) is 47.6 Å². The number of esters is 1. The first-order valence-corrected chi connectivity index (χ1v) is 22.6. The highest BCUT2D eigenvalue weighted by atomic mass is 16.5. The summed E-state index contributed by atoms with van der Waals surface area (Å²) < 4.78 is 7.77. The summed E-state index contributed by atoms with van der Waals surface area (Å²) >= 11 is 0. The normalized spacial score (nSPS) is 12.8. The summed E-state index contributed by atoms with van der Waals surface area (Å²) in [6, 6.07) is 38.3. The zero-order valence-electron chi connectivity index (χ0n) is 39.3. The summed E-state index contributed by atoms with van der Waals surface area (Å²) in [6.07, 6.45) is 3.89. The van der Waals surface area contributed by atoms with Crippen LogP contribution < -0.4 is 21.8 Å². The van der Waals surface area contributed by atoms with E-state index < -0.39 is 36.1 Å². The Hall–Kier alpha value is -7.34. The number of aryl methyl sites for hydroxylation is 2. The fourth-order valence-corrected chi connectivity index (χ4v) is 8.09. The molecule has 0 saturated heterocycles. The number of aromatic nitrogens is 2. The van der Waals surface area contributed by atoms with Crippen molar-refractivity contribution in [3.05, 3.63) is 189 Å². The average molecular weight is 907 g/mol. The van der Waals surface area contributed by atoms with Crippen LogP contribution in [-0.4, -0.2) is 45.1 Å². The lowest BCUT2D eigenvalue weighted by Crippen LogP contribution is -2.40. The van der Waals surface area contributed by atoms with E-state index in [1.807, 2.05) is 139 Å². The summed E-state index contributed by atoms with van der Waals surface area (Å²) in [6.45, 7) is 12.0. The van der Waals surface area contributed by atoms with Crippen molar-refractivity contribution < 1.29 is 29.0 Å². The molecule has 12 heteroatoms. The van der Waals surface area contributed by atoms with Crippen LogP contribution >= 0.6 is 0 Å². The van der Waals surface area contributed by atoms with E-state index in [1.54, 1.807) is 36.7 Å². The van der Waals surface area contributed by atoms with Crippen LogP contribution in [0, 0.1) is 25.7 Å². The second kappa shape index (κ2) is 24.3. The molecule has 0 bridgehead atoms. The van der Waals surface area contributed by atoms with Gasteiger partial charge in [-0.15, -0.1) is 0 Å². The van der Waals surface area contributed by atoms with Crippen LogP contribution in [0.1, 0.15) is 99.8 Å². The zero-order valence-corrected chi connectivity index (χ0v) is 39.3. The summed E-state index contributed by atoms with van der Waals surface area (Å²) in [4.78, 5) is 75.6. The molecule has 0 radical (unpaired) electrons. The van der Waals surface area contributed by atoms with Gasteiger partial charge in [0, 0.05) is 24.5 Å². The Morgan fingerprint density at radius 3 is 1.33 bits per heavy atom. The topological polar surface area (TPSA) is 166 Å². The molecule has 6 rings (SSSR count). The van der Waals surface area contributed by atoms with Gasteiger partial charge in [0.1, 0.15) is 12.1 Å². The molecule has 4 atom stereocenters. The standard InChI is InChI=1S/C28H32N2O4.C27H30N2O4/c1-19(2)16-25(30-15-8-7-14-26(30)31)28(33)29-24(18-27(32)34-4)22-12-9-11-21(17-22)23-13-6-5-10-20(23)3;1-18(2)15-24(29-14-7-6-13-25(29)30)27(33)28-23(17-26(31)32)21-11-8-10-20(16-21)22-12-5-4-9-19(22)3/h5-15,17,19,24-25H,16,18H2,1-4H3,(H,29,33);4-14,16,18,23-24H,15,17H2,1-3H3,(H,28,33)(H,31,32)/t24-,25-;23-,24-/m00/s1. The van der Waals surface area contributed by atoms with Crippen LogP contribution in [0.2, 0.25) is 0 Å². The van der Waals surface area contributed by atoms with Crippen LogP contribution in [-0.2, 0) is 23.9 Å². The first-order valence-electron chi connectivity index (χ1n) is 22.6. The van der Waals surface area contributed by atoms with Gasteiger partial charge < -0.3 is 29.6 Å². The van der Waals surface area contributed by atoms with E-state index in [0.29, 0.717) is 18.4 Å². The van der Waals surface area contributed by atoms with Crippen LogP contribution in [0.15, 0.2) is 155 Å². The summed E-state index contributed by atoms with van der Waals surface area (Å²) in [5.41, 5.74) is 7.31. The molecular formula is C55H62N4O8. The summed E-state index contributed by atoms with van der Waals surface area (Å²) in [7, 11) is 1.33. The second-order valence-corrected chi connectivity index (χ2v) is 17.6. The number of hydrogen-bond donors (Lipinski definition) is 3. The maximum atomic E-state index is 13.5. The van der Waals surface area contributed by atoms with Gasteiger partial charge in [-0.3, -0.25) is 28.8 Å². The van der Waals surface area contributed by atoms with Crippen molar-refractivity contribution in [2.45, 2.75) is 91.4 Å². The molecule has 0 aliphatic heterocycles. The highest BCUT2D eigenvalue weighted by Gasteiger charge is 2.29. The van der Waals surface area contributed by atoms with Crippen molar-refractivity contribution in [2.75, 3.05) is 7.11 Å². The lowest BCUT2D eigenvalue weighted by molar-refractivity contribution is -0.142. The average Bonchev–Trinajstić information content (AvgIpc) is 3.30. The molecule has 350 valence electrons. The molecule has 0 aliphatic rings. The Balaban J connectivity index is 0.000000251. The number of carbonyl (C=O) groups is 4. The second-order valence-electron chi connectivity index (χ2n) is 17.6. The molecule has 12 nitrogen and oxygen atoms in total. The monoisotopic (exact) mass is 906 g/mol. The molecule has 4 aromatic carbocycles. The molecule has 67 heavy (non-hydrogen) atoms. The van der Waals surface area contributed by atoms with Gasteiger partial charge in [-0.05, 0) is 107 Å². The number of carboxylic acids is 1. The van der Waals surface area contributed by atoms with Crippen molar-refractivity contribution in [3.8, 4) is 22.3 Å². The number of pyridine rings is 2. The number of rotatable bonds is 18. The van der Waals surface area contributed by atoms with Crippen molar-refractivity contribution in [1.29, 1.82) is 0 Å². The SMILES string of the molecule is COC(=O)C[C@H](NC(=O)[C@H](CC(C)C)n1ccccc1=O)c1cccc(-c2ccccc2C)c1.Cc1ccccc1-c1cccc([C@H](CC(=O)O)NC(=O)[C@H](CC(C)C)n2ccccc2=O)c1. The number of carbonyl (C=O) groups excluding carboxylic acids is 3. The molecule has 0 fully saturated rings. The Morgan fingerprint density at radius 1 is 0.552 bits per heavy atom. The lowest BCUT2D eigenvalue weighted by Gasteiger charge is -2.25. The molecule has 6 aromatic rings. The van der Waals surface area contributed by atoms with E-state index in [0.717, 1.165) is 38.9 Å². The highest BCUT2D eigenvalue weighted by molar-refractivity contribution is 5.83. The zero-order chi connectivity index (χ0) is 48.6. The van der Waals surface area contributed by atoms with Gasteiger partial charge in [-0.25, -0.2) is 0 Å². The molecule has 2 aromatic heterocycles. The van der Waals surface area contributed by atoms with Crippen LogP contribution in [0.25, 0.3) is 22.3 Å². The third kappa shape index (κ3) is 14.3. The van der Waals surface area contributed by atoms with Gasteiger partial charge >= 0.3 is 11.9 Å². The highest BCUT2D eigenvalue weighted by Crippen LogP contribution is 2.30. The number of carboxylic acid groups (broad SMARTS) is 1. The number of nitrogens with zero attached hydrogens (tertiary/aromatic N) is 2. The predicted molar refractivity (Wildman–Crippen MR) is 262 cm³/mol. The Bertz CT molecular complexity index is 2760. The minimum atomic E-state index is -1.01. The number of benzene rings is 4. The first-order chi connectivity index (χ1) is 32.1. The fraction of sp³-hybridized carbons (Fsp3) is 0.309.